The molecular weight excluding hydrogens is 511 g/mol. The van der Waals surface area contributed by atoms with E-state index in [9.17, 15) is 22.8 Å². The third-order valence-electron chi connectivity index (χ3n) is 5.88. The van der Waals surface area contributed by atoms with Gasteiger partial charge in [-0.2, -0.15) is 13.2 Å². The highest BCUT2D eigenvalue weighted by Crippen LogP contribution is 2.27. The molecule has 38 heavy (non-hydrogen) atoms. The summed E-state index contributed by atoms with van der Waals surface area (Å²) in [6.45, 7) is 0.863. The summed E-state index contributed by atoms with van der Waals surface area (Å²) in [4.78, 5) is 28.6. The number of nitrogens with two attached hydrogens (primary N) is 1. The Balaban J connectivity index is 0.000000732. The van der Waals surface area contributed by atoms with Crippen molar-refractivity contribution in [2.24, 2.45) is 5.73 Å². The van der Waals surface area contributed by atoms with Gasteiger partial charge in [0.15, 0.2) is 0 Å². The van der Waals surface area contributed by atoms with Crippen LogP contribution < -0.4 is 16.0 Å². The number of halogens is 3. The van der Waals surface area contributed by atoms with Gasteiger partial charge < -0.3 is 16.0 Å². The Labute approximate surface area is 225 Å². The lowest BCUT2D eigenvalue weighted by Gasteiger charge is -2.19. The number of benzene rings is 2. The van der Waals surface area contributed by atoms with Crippen LogP contribution in [0.3, 0.4) is 0 Å². The maximum atomic E-state index is 12.9. The lowest BCUT2D eigenvalue weighted by Crippen LogP contribution is -2.46. The smallest absolute Gasteiger partial charge is 0.349 e. The van der Waals surface area contributed by atoms with Crippen LogP contribution in [-0.2, 0) is 28.9 Å². The molecule has 2 aromatic carbocycles. The second kappa shape index (κ2) is 13.9. The van der Waals surface area contributed by atoms with Crippen molar-refractivity contribution >= 4 is 28.8 Å². The highest BCUT2D eigenvalue weighted by molar-refractivity contribution is 7.09. The van der Waals surface area contributed by atoms with Crippen molar-refractivity contribution in [1.29, 1.82) is 0 Å². The maximum Gasteiger partial charge on any atom is 0.386 e. The van der Waals surface area contributed by atoms with Crippen molar-refractivity contribution in [3.05, 3.63) is 100 Å². The zero-order valence-corrected chi connectivity index (χ0v) is 22.0. The summed E-state index contributed by atoms with van der Waals surface area (Å²) in [7, 11) is 0. The third-order valence-corrected chi connectivity index (χ3v) is 6.78. The van der Waals surface area contributed by atoms with Crippen LogP contribution >= 0.6 is 11.3 Å². The number of amides is 2. The van der Waals surface area contributed by atoms with Gasteiger partial charge in [-0.15, -0.1) is 11.3 Å². The zero-order chi connectivity index (χ0) is 27.5. The van der Waals surface area contributed by atoms with E-state index in [2.05, 4.69) is 23.5 Å². The van der Waals surface area contributed by atoms with Crippen LogP contribution in [0.15, 0.2) is 84.3 Å². The number of nitrogens with one attached hydrogen (secondary N) is 1. The molecule has 9 heteroatoms. The minimum absolute atomic E-state index is 0.0678. The number of rotatable bonds is 9. The molecule has 3 N–H and O–H groups in total. The minimum atomic E-state index is -4.00. The van der Waals surface area contributed by atoms with E-state index in [-0.39, 0.29) is 24.8 Å². The van der Waals surface area contributed by atoms with Crippen LogP contribution in [0.1, 0.15) is 29.3 Å². The van der Waals surface area contributed by atoms with Gasteiger partial charge in [-0.1, -0.05) is 60.7 Å². The summed E-state index contributed by atoms with van der Waals surface area (Å²) in [5.74, 6) is -0.271. The fourth-order valence-corrected chi connectivity index (χ4v) is 4.83. The molecule has 0 aliphatic carbocycles. The van der Waals surface area contributed by atoms with E-state index in [0.717, 1.165) is 23.4 Å². The first kappa shape index (κ1) is 29.1. The monoisotopic (exact) mass is 543 g/mol. The number of para-hydroxylation sites is 1. The van der Waals surface area contributed by atoms with Gasteiger partial charge in [0.2, 0.25) is 5.91 Å². The SMILES string of the molecule is CC(F)(F)F.N[C@@H](Cc1cccs1)C(=O)N[C@H](/C=C/C(=O)N1CCc2ccccc21)CCc1ccccc1. The van der Waals surface area contributed by atoms with Crippen molar-refractivity contribution < 1.29 is 22.8 Å². The molecule has 1 aliphatic rings. The molecule has 1 aliphatic heterocycles. The average molecular weight is 544 g/mol. The summed E-state index contributed by atoms with van der Waals surface area (Å²) in [6, 6.07) is 21.1. The van der Waals surface area contributed by atoms with Crippen molar-refractivity contribution in [3.63, 3.8) is 0 Å². The summed E-state index contributed by atoms with van der Waals surface area (Å²) in [5.41, 5.74) is 9.51. The highest BCUT2D eigenvalue weighted by Gasteiger charge is 2.23. The van der Waals surface area contributed by atoms with E-state index in [4.69, 9.17) is 5.73 Å². The van der Waals surface area contributed by atoms with Gasteiger partial charge in [-0.05, 0) is 47.9 Å². The topological polar surface area (TPSA) is 75.4 Å². The molecule has 0 saturated heterocycles. The molecule has 202 valence electrons. The molecule has 0 radical (unpaired) electrons. The first-order valence-electron chi connectivity index (χ1n) is 12.4. The van der Waals surface area contributed by atoms with Crippen LogP contribution in [0, 0.1) is 0 Å². The van der Waals surface area contributed by atoms with Crippen LogP contribution in [0.4, 0.5) is 18.9 Å². The Kier molecular flexibility index (Phi) is 10.7. The van der Waals surface area contributed by atoms with Gasteiger partial charge in [-0.3, -0.25) is 9.59 Å². The van der Waals surface area contributed by atoms with Crippen molar-refractivity contribution in [1.82, 2.24) is 5.32 Å². The van der Waals surface area contributed by atoms with E-state index < -0.39 is 12.2 Å². The van der Waals surface area contributed by atoms with Gasteiger partial charge in [0.25, 0.3) is 5.91 Å². The first-order chi connectivity index (χ1) is 18.1. The van der Waals surface area contributed by atoms with E-state index in [1.807, 2.05) is 60.0 Å². The molecule has 3 aromatic rings. The fraction of sp³-hybridized carbons (Fsp3) is 0.310. The number of nitrogens with zero attached hydrogens (tertiary/aromatic N) is 1. The molecular formula is C29H32F3N3O2S. The van der Waals surface area contributed by atoms with Crippen LogP contribution in [0.2, 0.25) is 0 Å². The number of carbonyl (C=O) groups is 2. The first-order valence-corrected chi connectivity index (χ1v) is 13.2. The van der Waals surface area contributed by atoms with Gasteiger partial charge in [0.1, 0.15) is 0 Å². The Morgan fingerprint density at radius 2 is 1.76 bits per heavy atom. The summed E-state index contributed by atoms with van der Waals surface area (Å²) in [6.07, 6.45) is 2.23. The number of alkyl halides is 3. The summed E-state index contributed by atoms with van der Waals surface area (Å²) < 4.78 is 31.1. The number of thiophene rings is 1. The second-order valence-electron chi connectivity index (χ2n) is 9.04. The molecule has 0 unspecified atom stereocenters. The van der Waals surface area contributed by atoms with Gasteiger partial charge in [0.05, 0.1) is 6.04 Å². The quantitative estimate of drug-likeness (QED) is 0.353. The normalized spacial score (nSPS) is 14.4. The summed E-state index contributed by atoms with van der Waals surface area (Å²) >= 11 is 1.59. The lowest BCUT2D eigenvalue weighted by atomic mass is 10.0. The molecule has 1 aromatic heterocycles. The molecule has 2 heterocycles. The largest absolute Gasteiger partial charge is 0.386 e. The Morgan fingerprint density at radius 1 is 1.08 bits per heavy atom. The van der Waals surface area contributed by atoms with Crippen molar-refractivity contribution in [2.45, 2.75) is 50.9 Å². The number of fused-ring (bicyclic) bond motifs is 1. The van der Waals surface area contributed by atoms with E-state index in [1.54, 1.807) is 22.3 Å². The number of hydrogen-bond acceptors (Lipinski definition) is 4. The molecule has 2 amide bonds. The van der Waals surface area contributed by atoms with Gasteiger partial charge >= 0.3 is 6.18 Å². The Hall–Kier alpha value is -3.43. The lowest BCUT2D eigenvalue weighted by molar-refractivity contribution is -0.123. The average Bonchev–Trinajstić information content (AvgIpc) is 3.55. The van der Waals surface area contributed by atoms with E-state index in [1.165, 1.54) is 11.1 Å². The molecule has 2 atom stereocenters. The van der Waals surface area contributed by atoms with Gasteiger partial charge in [0, 0.05) is 42.6 Å². The zero-order valence-electron chi connectivity index (χ0n) is 21.2. The number of aryl methyl sites for hydroxylation is 1. The maximum absolute atomic E-state index is 12.9. The van der Waals surface area contributed by atoms with Crippen molar-refractivity contribution in [2.75, 3.05) is 11.4 Å². The predicted molar refractivity (Wildman–Crippen MR) is 146 cm³/mol. The molecule has 0 spiro atoms. The van der Waals surface area contributed by atoms with E-state index in [0.29, 0.717) is 19.4 Å². The molecule has 0 saturated carbocycles. The molecule has 5 nitrogen and oxygen atoms in total. The van der Waals surface area contributed by atoms with E-state index >= 15 is 0 Å². The molecule has 0 fully saturated rings. The summed E-state index contributed by atoms with van der Waals surface area (Å²) in [5, 5.41) is 5.03. The molecule has 4 rings (SSSR count). The Morgan fingerprint density at radius 3 is 2.45 bits per heavy atom. The van der Waals surface area contributed by atoms with Crippen LogP contribution in [0.25, 0.3) is 0 Å². The highest BCUT2D eigenvalue weighted by atomic mass is 32.1. The van der Waals surface area contributed by atoms with Crippen LogP contribution in [-0.4, -0.2) is 36.6 Å². The number of anilines is 1. The van der Waals surface area contributed by atoms with Crippen molar-refractivity contribution in [3.8, 4) is 0 Å². The predicted octanol–water partition coefficient (Wildman–Crippen LogP) is 5.45. The minimum Gasteiger partial charge on any atom is -0.349 e. The third kappa shape index (κ3) is 9.79. The standard InChI is InChI=1S/C27H29N3O2S.C2H3F3/c28-24(19-23-10-6-18-33-23)27(32)29-22(13-12-20-7-2-1-3-8-20)14-15-26(31)30-17-16-21-9-4-5-11-25(21)30;1-2(3,4)5/h1-11,14-15,18,22,24H,12-13,16-17,19,28H2,(H,29,32);1H3/b15-14+;/t22-,24-;/m0./s1. The molecule has 0 bridgehead atoms. The van der Waals surface area contributed by atoms with Crippen LogP contribution in [0.5, 0.6) is 0 Å². The Bertz CT molecular complexity index is 1190. The number of hydrogen-bond donors (Lipinski definition) is 2. The second-order valence-corrected chi connectivity index (χ2v) is 10.1. The van der Waals surface area contributed by atoms with Gasteiger partial charge in [-0.25, -0.2) is 0 Å². The fourth-order valence-electron chi connectivity index (χ4n) is 4.07. The number of carbonyl (C=O) groups excluding carboxylic acids is 2.